The van der Waals surface area contributed by atoms with Gasteiger partial charge in [0.1, 0.15) is 11.3 Å². The zero-order chi connectivity index (χ0) is 23.8. The van der Waals surface area contributed by atoms with Gasteiger partial charge in [-0.25, -0.2) is 9.78 Å². The zero-order valence-electron chi connectivity index (χ0n) is 18.3. The van der Waals surface area contributed by atoms with E-state index in [1.165, 1.54) is 30.0 Å². The van der Waals surface area contributed by atoms with Crippen LogP contribution in [-0.4, -0.2) is 21.6 Å². The Kier molecular flexibility index (Phi) is 5.54. The Hall–Kier alpha value is -4.11. The number of methoxy groups -OCH3 is 1. The molecule has 8 nitrogen and oxygen atoms in total. The third-order valence-corrected chi connectivity index (χ3v) is 6.47. The summed E-state index contributed by atoms with van der Waals surface area (Å²) in [6.07, 6.45) is 0. The molecule has 0 unspecified atom stereocenters. The van der Waals surface area contributed by atoms with Crippen LogP contribution < -0.4 is 10.4 Å². The van der Waals surface area contributed by atoms with Crippen LogP contribution in [0.3, 0.4) is 0 Å². The first-order valence-corrected chi connectivity index (χ1v) is 11.4. The van der Waals surface area contributed by atoms with E-state index in [2.05, 4.69) is 0 Å². The topological polar surface area (TPSA) is 100 Å². The average molecular weight is 474 g/mol. The van der Waals surface area contributed by atoms with Crippen LogP contribution in [0.15, 0.2) is 81.1 Å². The number of fused-ring (bicyclic) bond motifs is 2. The van der Waals surface area contributed by atoms with Crippen LogP contribution in [-0.2, 0) is 5.75 Å². The predicted octanol–water partition coefficient (Wildman–Crippen LogP) is 5.65. The molecule has 0 saturated heterocycles. The van der Waals surface area contributed by atoms with Crippen LogP contribution in [0.25, 0.3) is 27.7 Å². The molecular weight excluding hydrogens is 454 g/mol. The number of benzene rings is 3. The van der Waals surface area contributed by atoms with E-state index >= 15 is 0 Å². The predicted molar refractivity (Wildman–Crippen MR) is 131 cm³/mol. The van der Waals surface area contributed by atoms with Gasteiger partial charge >= 0.3 is 5.63 Å². The van der Waals surface area contributed by atoms with Crippen LogP contribution in [0.2, 0.25) is 0 Å². The largest absolute Gasteiger partial charge is 0.495 e. The second kappa shape index (κ2) is 8.68. The molecule has 0 N–H and O–H groups in total. The molecule has 2 aromatic heterocycles. The molecule has 5 rings (SSSR count). The van der Waals surface area contributed by atoms with Gasteiger partial charge in [-0.3, -0.25) is 14.7 Å². The molecule has 0 bridgehead atoms. The highest BCUT2D eigenvalue weighted by Gasteiger charge is 2.19. The maximum atomic E-state index is 12.2. The molecule has 9 heteroatoms. The molecule has 0 fully saturated rings. The number of hydrogen-bond acceptors (Lipinski definition) is 7. The quantitative estimate of drug-likeness (QED) is 0.136. The summed E-state index contributed by atoms with van der Waals surface area (Å²) in [5, 5.41) is 12.8. The second-order valence-corrected chi connectivity index (χ2v) is 8.65. The van der Waals surface area contributed by atoms with Gasteiger partial charge in [-0.2, -0.15) is 0 Å². The number of aromatic nitrogens is 2. The molecular formula is C25H19N3O5S. The van der Waals surface area contributed by atoms with E-state index in [-0.39, 0.29) is 5.69 Å². The third-order valence-electron chi connectivity index (χ3n) is 5.49. The van der Waals surface area contributed by atoms with Gasteiger partial charge in [-0.1, -0.05) is 36.0 Å². The number of ether oxygens (including phenoxy) is 1. The maximum absolute atomic E-state index is 12.2. The summed E-state index contributed by atoms with van der Waals surface area (Å²) in [4.78, 5) is 27.7. The van der Waals surface area contributed by atoms with Crippen LogP contribution >= 0.6 is 11.8 Å². The summed E-state index contributed by atoms with van der Waals surface area (Å²) in [6.45, 7) is 1.94. The van der Waals surface area contributed by atoms with Crippen molar-refractivity contribution in [3.05, 3.63) is 98.4 Å². The van der Waals surface area contributed by atoms with E-state index in [1.807, 2.05) is 54.0 Å². The fraction of sp³-hybridized carbons (Fsp3) is 0.120. The van der Waals surface area contributed by atoms with E-state index in [0.29, 0.717) is 33.3 Å². The van der Waals surface area contributed by atoms with Gasteiger partial charge < -0.3 is 9.15 Å². The van der Waals surface area contributed by atoms with Crippen LogP contribution in [0.1, 0.15) is 11.1 Å². The number of hydrogen-bond donors (Lipinski definition) is 0. The van der Waals surface area contributed by atoms with Crippen molar-refractivity contribution in [2.45, 2.75) is 17.8 Å². The van der Waals surface area contributed by atoms with Crippen LogP contribution in [0, 0.1) is 17.0 Å². The molecule has 0 radical (unpaired) electrons. The molecule has 0 aliphatic heterocycles. The number of non-ortho nitro benzene ring substituents is 1. The Bertz CT molecular complexity index is 1620. The summed E-state index contributed by atoms with van der Waals surface area (Å²) in [6, 6.07) is 19.4. The fourth-order valence-electron chi connectivity index (χ4n) is 3.90. The number of nitro benzene ring substituents is 1. The van der Waals surface area contributed by atoms with Crippen molar-refractivity contribution in [2.24, 2.45) is 0 Å². The molecule has 170 valence electrons. The SMILES string of the molecule is COc1ccccc1-n1c(SCc2cc(=O)oc3cc(C)ccc23)nc2cc([N+](=O)[O-])ccc21. The molecule has 0 aliphatic carbocycles. The molecule has 2 heterocycles. The first kappa shape index (κ1) is 21.7. The zero-order valence-corrected chi connectivity index (χ0v) is 19.2. The van der Waals surface area contributed by atoms with E-state index in [1.54, 1.807) is 13.2 Å². The van der Waals surface area contributed by atoms with Gasteiger partial charge in [-0.15, -0.1) is 0 Å². The normalized spacial score (nSPS) is 11.2. The van der Waals surface area contributed by atoms with Crippen LogP contribution in [0.5, 0.6) is 5.75 Å². The second-order valence-electron chi connectivity index (χ2n) is 7.71. The Labute approximate surface area is 197 Å². The Morgan fingerprint density at radius 2 is 1.94 bits per heavy atom. The van der Waals surface area contributed by atoms with Crippen molar-refractivity contribution in [2.75, 3.05) is 7.11 Å². The Morgan fingerprint density at radius 3 is 2.74 bits per heavy atom. The minimum Gasteiger partial charge on any atom is -0.495 e. The third kappa shape index (κ3) is 3.90. The summed E-state index contributed by atoms with van der Waals surface area (Å²) in [5.41, 5.74) is 3.88. The minimum absolute atomic E-state index is 0.0317. The van der Waals surface area contributed by atoms with Crippen molar-refractivity contribution in [3.63, 3.8) is 0 Å². The summed E-state index contributed by atoms with van der Waals surface area (Å²) in [5.74, 6) is 1.09. The Morgan fingerprint density at radius 1 is 1.12 bits per heavy atom. The van der Waals surface area contributed by atoms with E-state index in [9.17, 15) is 14.9 Å². The number of nitrogens with zero attached hydrogens (tertiary/aromatic N) is 3. The fourth-order valence-corrected chi connectivity index (χ4v) is 4.92. The number of rotatable bonds is 6. The van der Waals surface area contributed by atoms with Gasteiger partial charge in [0.2, 0.25) is 0 Å². The molecule has 0 saturated carbocycles. The number of nitro groups is 1. The van der Waals surface area contributed by atoms with Crippen molar-refractivity contribution < 1.29 is 14.1 Å². The maximum Gasteiger partial charge on any atom is 0.336 e. The van der Waals surface area contributed by atoms with Gasteiger partial charge in [0.25, 0.3) is 5.69 Å². The van der Waals surface area contributed by atoms with Crippen molar-refractivity contribution >= 4 is 39.5 Å². The number of para-hydroxylation sites is 2. The van der Waals surface area contributed by atoms with E-state index in [0.717, 1.165) is 22.2 Å². The first-order chi connectivity index (χ1) is 16.4. The minimum atomic E-state index is -0.439. The van der Waals surface area contributed by atoms with Crippen LogP contribution in [0.4, 0.5) is 5.69 Å². The molecule has 0 amide bonds. The molecule has 3 aromatic carbocycles. The van der Waals surface area contributed by atoms with Crippen molar-refractivity contribution in [1.29, 1.82) is 0 Å². The first-order valence-electron chi connectivity index (χ1n) is 10.4. The van der Waals surface area contributed by atoms with Gasteiger partial charge in [0.05, 0.1) is 28.8 Å². The van der Waals surface area contributed by atoms with Crippen molar-refractivity contribution in [1.82, 2.24) is 9.55 Å². The molecule has 34 heavy (non-hydrogen) atoms. The number of thioether (sulfide) groups is 1. The highest BCUT2D eigenvalue weighted by atomic mass is 32.2. The lowest BCUT2D eigenvalue weighted by Crippen LogP contribution is -2.02. The lowest BCUT2D eigenvalue weighted by molar-refractivity contribution is -0.384. The molecule has 0 spiro atoms. The molecule has 0 atom stereocenters. The lowest BCUT2D eigenvalue weighted by Gasteiger charge is -2.13. The lowest BCUT2D eigenvalue weighted by atomic mass is 10.1. The summed E-state index contributed by atoms with van der Waals surface area (Å²) < 4.78 is 12.9. The molecule has 0 aliphatic rings. The highest BCUT2D eigenvalue weighted by molar-refractivity contribution is 7.98. The Balaban J connectivity index is 1.64. The van der Waals surface area contributed by atoms with Gasteiger partial charge in [0.15, 0.2) is 5.16 Å². The molecule has 5 aromatic rings. The van der Waals surface area contributed by atoms with E-state index < -0.39 is 10.5 Å². The van der Waals surface area contributed by atoms with Gasteiger partial charge in [-0.05, 0) is 42.3 Å². The highest BCUT2D eigenvalue weighted by Crippen LogP contribution is 2.35. The standard InChI is InChI=1S/C25H19N3O5S/c1-15-7-9-18-16(12-24(29)33-23(18)11-15)14-34-25-26-19-13-17(28(30)31)8-10-20(19)27(25)21-5-3-4-6-22(21)32-2/h3-13H,14H2,1-2H3. The average Bonchev–Trinajstić information content (AvgIpc) is 3.19. The summed E-state index contributed by atoms with van der Waals surface area (Å²) >= 11 is 1.43. The van der Waals surface area contributed by atoms with Crippen molar-refractivity contribution in [3.8, 4) is 11.4 Å². The number of imidazole rings is 1. The van der Waals surface area contributed by atoms with Gasteiger partial charge in [0, 0.05) is 29.3 Å². The summed E-state index contributed by atoms with van der Waals surface area (Å²) in [7, 11) is 1.59. The van der Waals surface area contributed by atoms with E-state index in [4.69, 9.17) is 14.1 Å². The number of aryl methyl sites for hydroxylation is 1. The monoisotopic (exact) mass is 473 g/mol. The smallest absolute Gasteiger partial charge is 0.336 e.